The molecule has 0 amide bonds. The third-order valence-electron chi connectivity index (χ3n) is 3.83. The quantitative estimate of drug-likeness (QED) is 0.414. The summed E-state index contributed by atoms with van der Waals surface area (Å²) in [4.78, 5) is 10.9. The number of aryl methyl sites for hydroxylation is 1. The Morgan fingerprint density at radius 1 is 1.35 bits per heavy atom. The Labute approximate surface area is 154 Å². The first-order valence-electron chi connectivity index (χ1n) is 8.67. The van der Waals surface area contributed by atoms with Crippen molar-refractivity contribution in [1.29, 1.82) is 0 Å². The summed E-state index contributed by atoms with van der Waals surface area (Å²) in [5, 5.41) is 7.38. The Bertz CT molecular complexity index is 700. The lowest BCUT2D eigenvalue weighted by molar-refractivity contribution is 0.126. The number of nitrogens with zero attached hydrogens (tertiary/aromatic N) is 5. The molecule has 0 bridgehead atoms. The van der Waals surface area contributed by atoms with Crippen LogP contribution in [0.2, 0.25) is 0 Å². The van der Waals surface area contributed by atoms with Crippen LogP contribution in [0, 0.1) is 0 Å². The molecular formula is C18H28N6O2. The van der Waals surface area contributed by atoms with Crippen molar-refractivity contribution >= 4 is 5.96 Å². The summed E-state index contributed by atoms with van der Waals surface area (Å²) < 4.78 is 12.8. The zero-order valence-corrected chi connectivity index (χ0v) is 16.0. The molecule has 1 aromatic heterocycles. The predicted molar refractivity (Wildman–Crippen MR) is 101 cm³/mol. The number of benzene rings is 1. The highest BCUT2D eigenvalue weighted by molar-refractivity contribution is 5.79. The van der Waals surface area contributed by atoms with E-state index in [2.05, 4.69) is 20.4 Å². The van der Waals surface area contributed by atoms with E-state index in [-0.39, 0.29) is 0 Å². The van der Waals surface area contributed by atoms with Crippen molar-refractivity contribution in [2.45, 2.75) is 20.1 Å². The molecule has 2 rings (SSSR count). The number of rotatable bonds is 9. The molecule has 0 aliphatic heterocycles. The van der Waals surface area contributed by atoms with E-state index < -0.39 is 0 Å². The van der Waals surface area contributed by atoms with Gasteiger partial charge in [-0.3, -0.25) is 9.67 Å². The van der Waals surface area contributed by atoms with Gasteiger partial charge < -0.3 is 19.7 Å². The van der Waals surface area contributed by atoms with Gasteiger partial charge in [0, 0.05) is 26.2 Å². The van der Waals surface area contributed by atoms with E-state index in [9.17, 15) is 0 Å². The van der Waals surface area contributed by atoms with Crippen LogP contribution in [-0.4, -0.2) is 59.5 Å². The summed E-state index contributed by atoms with van der Waals surface area (Å²) in [6.45, 7) is 5.08. The van der Waals surface area contributed by atoms with Gasteiger partial charge in [0.05, 0.1) is 33.4 Å². The Morgan fingerprint density at radius 2 is 2.15 bits per heavy atom. The minimum Gasteiger partial charge on any atom is -0.496 e. The lowest BCUT2D eigenvalue weighted by atomic mass is 10.2. The number of ether oxygens (including phenoxy) is 2. The van der Waals surface area contributed by atoms with Crippen molar-refractivity contribution in [2.75, 3.05) is 33.9 Å². The van der Waals surface area contributed by atoms with Crippen LogP contribution >= 0.6 is 0 Å². The standard InChI is InChI=1S/C18H28N6O2/c1-5-19-18(23(2)12-17-21-14-22-24(17)3)20-10-11-26-13-15-8-6-7-9-16(15)25-4/h6-9,14H,5,10-13H2,1-4H3,(H,19,20). The van der Waals surface area contributed by atoms with Crippen LogP contribution in [0.3, 0.4) is 0 Å². The first-order valence-corrected chi connectivity index (χ1v) is 8.67. The lowest BCUT2D eigenvalue weighted by Gasteiger charge is -2.21. The van der Waals surface area contributed by atoms with Gasteiger partial charge in [-0.25, -0.2) is 4.98 Å². The van der Waals surface area contributed by atoms with Gasteiger partial charge in [-0.2, -0.15) is 5.10 Å². The van der Waals surface area contributed by atoms with Crippen LogP contribution in [0.25, 0.3) is 0 Å². The molecule has 0 saturated heterocycles. The van der Waals surface area contributed by atoms with E-state index in [1.54, 1.807) is 18.1 Å². The first-order chi connectivity index (χ1) is 12.7. The molecule has 1 heterocycles. The van der Waals surface area contributed by atoms with Crippen LogP contribution in [0.15, 0.2) is 35.6 Å². The molecule has 0 radical (unpaired) electrons. The molecule has 8 heteroatoms. The zero-order valence-electron chi connectivity index (χ0n) is 16.0. The summed E-state index contributed by atoms with van der Waals surface area (Å²) in [6, 6.07) is 7.86. The molecule has 1 N–H and O–H groups in total. The number of guanidine groups is 1. The van der Waals surface area contributed by atoms with Gasteiger partial charge in [0.2, 0.25) is 0 Å². The van der Waals surface area contributed by atoms with Crippen LogP contribution in [0.4, 0.5) is 0 Å². The van der Waals surface area contributed by atoms with Crippen LogP contribution < -0.4 is 10.1 Å². The van der Waals surface area contributed by atoms with Crippen LogP contribution in [0.5, 0.6) is 5.75 Å². The molecule has 142 valence electrons. The minimum absolute atomic E-state index is 0.505. The normalized spacial score (nSPS) is 11.5. The van der Waals surface area contributed by atoms with Crippen molar-refractivity contribution in [3.05, 3.63) is 42.0 Å². The lowest BCUT2D eigenvalue weighted by Crippen LogP contribution is -2.39. The maximum absolute atomic E-state index is 5.74. The first kappa shape index (κ1) is 19.7. The highest BCUT2D eigenvalue weighted by atomic mass is 16.5. The Hall–Kier alpha value is -2.61. The monoisotopic (exact) mass is 360 g/mol. The van der Waals surface area contributed by atoms with Crippen molar-refractivity contribution in [2.24, 2.45) is 12.0 Å². The summed E-state index contributed by atoms with van der Waals surface area (Å²) in [5.74, 6) is 2.54. The molecule has 0 atom stereocenters. The zero-order chi connectivity index (χ0) is 18.8. The molecule has 0 spiro atoms. The highest BCUT2D eigenvalue weighted by Crippen LogP contribution is 2.17. The van der Waals surface area contributed by atoms with Gasteiger partial charge in [0.25, 0.3) is 0 Å². The second-order valence-corrected chi connectivity index (χ2v) is 5.76. The Kier molecular flexibility index (Phi) is 7.88. The van der Waals surface area contributed by atoms with E-state index in [1.165, 1.54) is 0 Å². The van der Waals surface area contributed by atoms with Crippen molar-refractivity contribution in [1.82, 2.24) is 25.0 Å². The summed E-state index contributed by atoms with van der Waals surface area (Å²) in [7, 11) is 5.52. The summed E-state index contributed by atoms with van der Waals surface area (Å²) in [6.07, 6.45) is 1.55. The van der Waals surface area contributed by atoms with Crippen LogP contribution in [-0.2, 0) is 24.9 Å². The summed E-state index contributed by atoms with van der Waals surface area (Å²) >= 11 is 0. The number of nitrogens with one attached hydrogen (secondary N) is 1. The maximum Gasteiger partial charge on any atom is 0.194 e. The average Bonchev–Trinajstić information content (AvgIpc) is 3.05. The second kappa shape index (κ2) is 10.4. The fourth-order valence-electron chi connectivity index (χ4n) is 2.44. The van der Waals surface area contributed by atoms with Crippen molar-refractivity contribution < 1.29 is 9.47 Å². The van der Waals surface area contributed by atoms with Gasteiger partial charge >= 0.3 is 0 Å². The average molecular weight is 360 g/mol. The van der Waals surface area contributed by atoms with Crippen LogP contribution in [0.1, 0.15) is 18.3 Å². The largest absolute Gasteiger partial charge is 0.496 e. The second-order valence-electron chi connectivity index (χ2n) is 5.76. The molecule has 0 aliphatic carbocycles. The van der Waals surface area contributed by atoms with E-state index in [0.29, 0.717) is 26.3 Å². The number of aromatic nitrogens is 3. The van der Waals surface area contributed by atoms with Gasteiger partial charge in [-0.1, -0.05) is 18.2 Å². The minimum atomic E-state index is 0.505. The molecular weight excluding hydrogens is 332 g/mol. The number of hydrogen-bond donors (Lipinski definition) is 1. The van der Waals surface area contributed by atoms with E-state index in [4.69, 9.17) is 9.47 Å². The number of aliphatic imine (C=N–C) groups is 1. The maximum atomic E-state index is 5.74. The van der Waals surface area contributed by atoms with E-state index >= 15 is 0 Å². The molecule has 1 aromatic carbocycles. The van der Waals surface area contributed by atoms with Crippen molar-refractivity contribution in [3.8, 4) is 5.75 Å². The van der Waals surface area contributed by atoms with Gasteiger partial charge in [-0.15, -0.1) is 0 Å². The van der Waals surface area contributed by atoms with Gasteiger partial charge in [0.1, 0.15) is 17.9 Å². The molecule has 0 fully saturated rings. The molecule has 0 aliphatic rings. The fraction of sp³-hybridized carbons (Fsp3) is 0.500. The fourth-order valence-corrected chi connectivity index (χ4v) is 2.44. The molecule has 26 heavy (non-hydrogen) atoms. The van der Waals surface area contributed by atoms with Gasteiger partial charge in [0.15, 0.2) is 5.96 Å². The van der Waals surface area contributed by atoms with Crippen molar-refractivity contribution in [3.63, 3.8) is 0 Å². The Morgan fingerprint density at radius 3 is 2.85 bits per heavy atom. The topological polar surface area (TPSA) is 76.8 Å². The number of methoxy groups -OCH3 is 1. The summed E-state index contributed by atoms with van der Waals surface area (Å²) in [5.41, 5.74) is 1.03. The number of para-hydroxylation sites is 1. The van der Waals surface area contributed by atoms with E-state index in [0.717, 1.165) is 29.6 Å². The third kappa shape index (κ3) is 5.73. The Balaban J connectivity index is 1.83. The predicted octanol–water partition coefficient (Wildman–Crippen LogP) is 1.44. The molecule has 2 aromatic rings. The SMILES string of the molecule is CCNC(=NCCOCc1ccccc1OC)N(C)Cc1ncnn1C. The molecule has 0 saturated carbocycles. The molecule has 0 unspecified atom stereocenters. The van der Waals surface area contributed by atoms with Gasteiger partial charge in [-0.05, 0) is 13.0 Å². The highest BCUT2D eigenvalue weighted by Gasteiger charge is 2.09. The molecule has 8 nitrogen and oxygen atoms in total. The third-order valence-corrected chi connectivity index (χ3v) is 3.83. The smallest absolute Gasteiger partial charge is 0.194 e. The number of hydrogen-bond acceptors (Lipinski definition) is 5. The van der Waals surface area contributed by atoms with E-state index in [1.807, 2.05) is 50.2 Å².